The molecule has 8 nitrogen and oxygen atoms in total. The third kappa shape index (κ3) is 5.90. The van der Waals surface area contributed by atoms with Gasteiger partial charge in [-0.1, -0.05) is 53.8 Å². The van der Waals surface area contributed by atoms with Crippen molar-refractivity contribution >= 4 is 38.2 Å². The van der Waals surface area contributed by atoms with Crippen molar-refractivity contribution in [1.82, 2.24) is 14.6 Å². The van der Waals surface area contributed by atoms with Crippen molar-refractivity contribution in [3.05, 3.63) is 60.3 Å². The molecule has 0 spiro atoms. The molecule has 4 rings (SSSR count). The molecule has 1 aliphatic rings. The van der Waals surface area contributed by atoms with E-state index in [4.69, 9.17) is 0 Å². The van der Waals surface area contributed by atoms with E-state index in [-0.39, 0.29) is 10.2 Å². The quantitative estimate of drug-likeness (QED) is 0.461. The van der Waals surface area contributed by atoms with Crippen LogP contribution in [0.4, 0.5) is 15.6 Å². The summed E-state index contributed by atoms with van der Waals surface area (Å²) in [6.07, 6.45) is 3.01. The SMILES string of the molecule is CNS(=O)(=O)c1sc(N(CCC2CCCN2C)C(=O)Nc2ccc(-c3ccccc3)cc2)nc1C. The molecule has 1 aromatic heterocycles. The molecule has 3 aromatic rings. The van der Waals surface area contributed by atoms with Crippen LogP contribution in [0.15, 0.2) is 58.8 Å². The highest BCUT2D eigenvalue weighted by atomic mass is 32.2. The first-order valence-electron chi connectivity index (χ1n) is 11.6. The van der Waals surface area contributed by atoms with E-state index in [9.17, 15) is 13.2 Å². The molecule has 2 heterocycles. The molecule has 1 saturated heterocycles. The number of urea groups is 1. The summed E-state index contributed by atoms with van der Waals surface area (Å²) in [5.74, 6) is 0. The average Bonchev–Trinajstić information content (AvgIpc) is 3.46. The third-order valence-corrected chi connectivity index (χ3v) is 9.54. The van der Waals surface area contributed by atoms with E-state index >= 15 is 0 Å². The summed E-state index contributed by atoms with van der Waals surface area (Å²) in [5.41, 5.74) is 3.20. The normalized spacial score (nSPS) is 16.4. The number of nitrogens with zero attached hydrogens (tertiary/aromatic N) is 3. The Labute approximate surface area is 211 Å². The second-order valence-electron chi connectivity index (χ2n) is 8.67. The summed E-state index contributed by atoms with van der Waals surface area (Å²) in [6.45, 7) is 3.13. The minimum absolute atomic E-state index is 0.123. The minimum Gasteiger partial charge on any atom is -0.307 e. The van der Waals surface area contributed by atoms with E-state index in [0.29, 0.717) is 29.1 Å². The van der Waals surface area contributed by atoms with Gasteiger partial charge in [0.05, 0.1) is 5.69 Å². The van der Waals surface area contributed by atoms with Gasteiger partial charge in [-0.3, -0.25) is 4.90 Å². The number of benzene rings is 2. The number of hydrogen-bond donors (Lipinski definition) is 2. The average molecular weight is 514 g/mol. The number of hydrogen-bond acceptors (Lipinski definition) is 6. The van der Waals surface area contributed by atoms with Crippen LogP contribution in [0.5, 0.6) is 0 Å². The Morgan fingerprint density at radius 2 is 1.83 bits per heavy atom. The highest BCUT2D eigenvalue weighted by Crippen LogP contribution is 2.31. The molecule has 2 N–H and O–H groups in total. The number of carbonyl (C=O) groups excluding carboxylic acids is 1. The van der Waals surface area contributed by atoms with E-state index in [1.165, 1.54) is 7.05 Å². The number of sulfonamides is 1. The van der Waals surface area contributed by atoms with Crippen LogP contribution in [-0.4, -0.2) is 57.6 Å². The number of aromatic nitrogens is 1. The van der Waals surface area contributed by atoms with Crippen LogP contribution in [0, 0.1) is 6.92 Å². The number of thiazole rings is 1. The van der Waals surface area contributed by atoms with Crippen LogP contribution in [0.3, 0.4) is 0 Å². The topological polar surface area (TPSA) is 94.6 Å². The van der Waals surface area contributed by atoms with Crippen LogP contribution in [0.25, 0.3) is 11.1 Å². The van der Waals surface area contributed by atoms with Crippen LogP contribution < -0.4 is 14.9 Å². The molecule has 186 valence electrons. The second-order valence-corrected chi connectivity index (χ2v) is 11.7. The smallest absolute Gasteiger partial charge is 0.307 e. The zero-order chi connectivity index (χ0) is 25.0. The predicted octanol–water partition coefficient (Wildman–Crippen LogP) is 4.55. The Morgan fingerprint density at radius 3 is 2.46 bits per heavy atom. The number of amides is 2. The van der Waals surface area contributed by atoms with Crippen molar-refractivity contribution in [3.8, 4) is 11.1 Å². The summed E-state index contributed by atoms with van der Waals surface area (Å²) in [6, 6.07) is 17.8. The number of aryl methyl sites for hydroxylation is 1. The van der Waals surface area contributed by atoms with E-state index in [0.717, 1.165) is 48.3 Å². The summed E-state index contributed by atoms with van der Waals surface area (Å²) >= 11 is 1.01. The van der Waals surface area contributed by atoms with E-state index < -0.39 is 10.0 Å². The van der Waals surface area contributed by atoms with E-state index in [1.54, 1.807) is 11.8 Å². The molecular weight excluding hydrogens is 482 g/mol. The lowest BCUT2D eigenvalue weighted by Crippen LogP contribution is -2.38. The van der Waals surface area contributed by atoms with Gasteiger partial charge in [0.1, 0.15) is 0 Å². The Kier molecular flexibility index (Phi) is 7.85. The van der Waals surface area contributed by atoms with E-state index in [2.05, 4.69) is 27.0 Å². The molecule has 2 amide bonds. The maximum absolute atomic E-state index is 13.4. The van der Waals surface area contributed by atoms with Crippen LogP contribution in [0.2, 0.25) is 0 Å². The summed E-state index contributed by atoms with van der Waals surface area (Å²) in [7, 11) is -0.190. The minimum atomic E-state index is -3.66. The lowest BCUT2D eigenvalue weighted by atomic mass is 10.1. The van der Waals surface area contributed by atoms with Crippen LogP contribution in [0.1, 0.15) is 25.0 Å². The molecule has 0 radical (unpaired) electrons. The molecule has 1 atom stereocenters. The molecule has 0 saturated carbocycles. The maximum Gasteiger partial charge on any atom is 0.328 e. The number of anilines is 2. The number of rotatable bonds is 8. The van der Waals surface area contributed by atoms with Gasteiger partial charge in [-0.05, 0) is 70.1 Å². The summed E-state index contributed by atoms with van der Waals surface area (Å²) in [5, 5.41) is 3.33. The third-order valence-electron chi connectivity index (χ3n) is 6.33. The van der Waals surface area contributed by atoms with Gasteiger partial charge >= 0.3 is 6.03 Å². The Bertz CT molecular complexity index is 1260. The number of carbonyl (C=O) groups is 1. The Hall–Kier alpha value is -2.79. The van der Waals surface area contributed by atoms with Crippen LogP contribution >= 0.6 is 11.3 Å². The summed E-state index contributed by atoms with van der Waals surface area (Å²) in [4.78, 5) is 21.7. The van der Waals surface area contributed by atoms with Gasteiger partial charge in [-0.25, -0.2) is 22.9 Å². The fourth-order valence-corrected chi connectivity index (χ4v) is 6.66. The predicted molar refractivity (Wildman–Crippen MR) is 142 cm³/mol. The van der Waals surface area contributed by atoms with Crippen molar-refractivity contribution in [1.29, 1.82) is 0 Å². The maximum atomic E-state index is 13.4. The largest absolute Gasteiger partial charge is 0.328 e. The molecular formula is C25H31N5O3S2. The monoisotopic (exact) mass is 513 g/mol. The first-order chi connectivity index (χ1) is 16.8. The Morgan fingerprint density at radius 1 is 1.14 bits per heavy atom. The van der Waals surface area contributed by atoms with Gasteiger partial charge in [-0.2, -0.15) is 0 Å². The van der Waals surface area contributed by atoms with Gasteiger partial charge in [0.2, 0.25) is 0 Å². The lowest BCUT2D eigenvalue weighted by Gasteiger charge is -2.25. The van der Waals surface area contributed by atoms with Gasteiger partial charge in [-0.15, -0.1) is 0 Å². The molecule has 2 aromatic carbocycles. The van der Waals surface area contributed by atoms with Gasteiger partial charge in [0.25, 0.3) is 10.0 Å². The Balaban J connectivity index is 1.56. The second kappa shape index (κ2) is 10.9. The first kappa shape index (κ1) is 25.3. The van der Waals surface area contributed by atoms with Gasteiger partial charge < -0.3 is 10.2 Å². The van der Waals surface area contributed by atoms with Crippen molar-refractivity contribution in [2.75, 3.05) is 37.4 Å². The number of likely N-dealkylation sites (tertiary alicyclic amines) is 1. The lowest BCUT2D eigenvalue weighted by molar-refractivity contribution is 0.254. The zero-order valence-electron chi connectivity index (χ0n) is 20.2. The zero-order valence-corrected chi connectivity index (χ0v) is 21.8. The van der Waals surface area contributed by atoms with Crippen molar-refractivity contribution in [2.24, 2.45) is 0 Å². The van der Waals surface area contributed by atoms with Crippen LogP contribution in [-0.2, 0) is 10.0 Å². The fraction of sp³-hybridized carbons (Fsp3) is 0.360. The molecule has 1 unspecified atom stereocenters. The first-order valence-corrected chi connectivity index (χ1v) is 13.9. The highest BCUT2D eigenvalue weighted by Gasteiger charge is 2.28. The van der Waals surface area contributed by atoms with Crippen molar-refractivity contribution in [2.45, 2.75) is 36.4 Å². The number of nitrogens with one attached hydrogen (secondary N) is 2. The molecule has 1 aliphatic heterocycles. The van der Waals surface area contributed by atoms with E-state index in [1.807, 2.05) is 54.6 Å². The highest BCUT2D eigenvalue weighted by molar-refractivity contribution is 7.91. The molecule has 0 bridgehead atoms. The fourth-order valence-electron chi connectivity index (χ4n) is 4.30. The van der Waals surface area contributed by atoms with Gasteiger partial charge in [0, 0.05) is 18.3 Å². The molecule has 35 heavy (non-hydrogen) atoms. The molecule has 0 aliphatic carbocycles. The van der Waals surface area contributed by atoms with Gasteiger partial charge in [0.15, 0.2) is 9.34 Å². The standard InChI is InChI=1S/C25H31N5O3S2/c1-18-23(35(32,33)26-2)34-25(27-18)30(17-15-22-10-7-16-29(22)3)24(31)28-21-13-11-20(12-14-21)19-8-5-4-6-9-19/h4-6,8-9,11-14,22,26H,7,10,15-17H2,1-3H3,(H,28,31). The molecule has 1 fully saturated rings. The summed E-state index contributed by atoms with van der Waals surface area (Å²) < 4.78 is 27.3. The van der Waals surface area contributed by atoms with Crippen molar-refractivity contribution in [3.63, 3.8) is 0 Å². The van der Waals surface area contributed by atoms with Crippen molar-refractivity contribution < 1.29 is 13.2 Å². The molecule has 10 heteroatoms.